The van der Waals surface area contributed by atoms with Crippen molar-refractivity contribution in [2.45, 2.75) is 16.9 Å². The Labute approximate surface area is 160 Å². The molecule has 3 N–H and O–H groups in total. The van der Waals surface area contributed by atoms with Crippen LogP contribution in [0.15, 0.2) is 49.1 Å². The van der Waals surface area contributed by atoms with Gasteiger partial charge in [0.2, 0.25) is 0 Å². The van der Waals surface area contributed by atoms with E-state index in [1.807, 2.05) is 0 Å². The minimum atomic E-state index is -3.61. The van der Waals surface area contributed by atoms with Crippen LogP contribution in [-0.4, -0.2) is 19.7 Å². The first kappa shape index (κ1) is 20.1. The molecule has 0 atom stereocenters. The molecule has 0 unspecified atom stereocenters. The smallest absolute Gasteiger partial charge is 0.279 e. The number of amides is 1. The molecule has 0 aliphatic rings. The predicted octanol–water partition coefficient (Wildman–Crippen LogP) is 2.95. The van der Waals surface area contributed by atoms with E-state index in [9.17, 15) is 9.36 Å². The number of carbonyl (C=O) groups excluding carboxylic acids is 1. The first-order chi connectivity index (χ1) is 11.8. The van der Waals surface area contributed by atoms with Gasteiger partial charge in [0.05, 0.1) is 0 Å². The van der Waals surface area contributed by atoms with Gasteiger partial charge < -0.3 is 0 Å². The van der Waals surface area contributed by atoms with Crippen LogP contribution in [0.2, 0.25) is 0 Å². The molecule has 1 amide bonds. The van der Waals surface area contributed by atoms with Crippen molar-refractivity contribution in [2.24, 2.45) is 0 Å². The third-order valence-corrected chi connectivity index (χ3v) is 5.21. The molecule has 2 aromatic heterocycles. The van der Waals surface area contributed by atoms with E-state index >= 15 is 0 Å². The van der Waals surface area contributed by atoms with E-state index in [-0.39, 0.29) is 13.1 Å². The molecule has 2 rings (SSSR count). The second-order valence-electron chi connectivity index (χ2n) is 4.94. The highest BCUT2D eigenvalue weighted by Gasteiger charge is 2.36. The van der Waals surface area contributed by atoms with Gasteiger partial charge in [-0.3, -0.25) is 24.4 Å². The lowest BCUT2D eigenvalue weighted by Crippen LogP contribution is -2.40. The molecule has 0 fully saturated rings. The normalized spacial score (nSPS) is 12.0. The van der Waals surface area contributed by atoms with Crippen LogP contribution in [0.1, 0.15) is 11.1 Å². The molecule has 11 heteroatoms. The van der Waals surface area contributed by atoms with E-state index in [1.165, 1.54) is 0 Å². The number of rotatable bonds is 7. The van der Waals surface area contributed by atoms with Crippen LogP contribution in [0.5, 0.6) is 0 Å². The minimum absolute atomic E-state index is 0.186. The van der Waals surface area contributed by atoms with Crippen molar-refractivity contribution in [2.75, 3.05) is 0 Å². The molecule has 25 heavy (non-hydrogen) atoms. The van der Waals surface area contributed by atoms with Gasteiger partial charge in [-0.25, -0.2) is 10.2 Å². The van der Waals surface area contributed by atoms with Crippen molar-refractivity contribution in [1.29, 1.82) is 0 Å². The molecular weight excluding hydrogens is 408 g/mol. The Bertz CT molecular complexity index is 696. The van der Waals surface area contributed by atoms with E-state index in [0.717, 1.165) is 11.1 Å². The topological polar surface area (TPSA) is 96.0 Å². The molecule has 0 spiro atoms. The number of pyridine rings is 2. The SMILES string of the molecule is O=C(NP(=O)(NCc1cccnc1)NCc1cccnc1)C(Cl)(Cl)Cl. The van der Waals surface area contributed by atoms with Crippen LogP contribution < -0.4 is 15.3 Å². The monoisotopic (exact) mass is 421 g/mol. The van der Waals surface area contributed by atoms with Gasteiger partial charge in [-0.15, -0.1) is 0 Å². The number of hydrogen-bond donors (Lipinski definition) is 3. The summed E-state index contributed by atoms with van der Waals surface area (Å²) in [7, 11) is -3.61. The third-order valence-electron chi connectivity index (χ3n) is 2.97. The molecule has 2 aromatic rings. The maximum atomic E-state index is 13.0. The van der Waals surface area contributed by atoms with Crippen molar-refractivity contribution in [3.8, 4) is 0 Å². The lowest BCUT2D eigenvalue weighted by atomic mass is 10.3. The Kier molecular flexibility index (Phi) is 7.19. The Balaban J connectivity index is 2.09. The summed E-state index contributed by atoms with van der Waals surface area (Å²) < 4.78 is 10.8. The standard InChI is InChI=1S/C14H15Cl3N5O2P/c15-14(16,17)13(23)22-25(24,20-9-11-3-1-5-18-7-11)21-10-12-4-2-6-19-8-12/h1-8H,9-10H2,(H3,20,21,22,23,24). The van der Waals surface area contributed by atoms with Crippen LogP contribution in [0.4, 0.5) is 0 Å². The second-order valence-corrected chi connectivity index (χ2v) is 9.30. The summed E-state index contributed by atoms with van der Waals surface area (Å²) in [6, 6.07) is 7.07. The van der Waals surface area contributed by atoms with Gasteiger partial charge in [-0.2, -0.15) is 0 Å². The highest BCUT2D eigenvalue weighted by Crippen LogP contribution is 2.36. The number of nitrogens with zero attached hydrogens (tertiary/aromatic N) is 2. The number of nitrogens with one attached hydrogen (secondary N) is 3. The fourth-order valence-corrected chi connectivity index (χ4v) is 3.63. The maximum Gasteiger partial charge on any atom is 0.306 e. The molecule has 7 nitrogen and oxygen atoms in total. The zero-order chi connectivity index (χ0) is 18.3. The summed E-state index contributed by atoms with van der Waals surface area (Å²) in [5.74, 6) is -1.00. The zero-order valence-corrected chi connectivity index (χ0v) is 16.0. The molecule has 2 heterocycles. The second kappa shape index (κ2) is 8.94. The number of carbonyl (C=O) groups is 1. The summed E-state index contributed by atoms with van der Waals surface area (Å²) in [5, 5.41) is 7.76. The highest BCUT2D eigenvalue weighted by atomic mass is 35.6. The number of hydrogen-bond acceptors (Lipinski definition) is 4. The van der Waals surface area contributed by atoms with Gasteiger partial charge in [0.1, 0.15) is 0 Å². The van der Waals surface area contributed by atoms with Gasteiger partial charge in [-0.1, -0.05) is 46.9 Å². The van der Waals surface area contributed by atoms with Crippen LogP contribution in [0.25, 0.3) is 0 Å². The van der Waals surface area contributed by atoms with Crippen molar-refractivity contribution < 1.29 is 9.36 Å². The van der Waals surface area contributed by atoms with Crippen molar-refractivity contribution in [3.63, 3.8) is 0 Å². The highest BCUT2D eigenvalue weighted by molar-refractivity contribution is 7.58. The fourth-order valence-electron chi connectivity index (χ4n) is 1.75. The average Bonchev–Trinajstić information content (AvgIpc) is 2.59. The van der Waals surface area contributed by atoms with Crippen molar-refractivity contribution >= 4 is 48.3 Å². The third kappa shape index (κ3) is 6.90. The van der Waals surface area contributed by atoms with E-state index in [2.05, 4.69) is 25.2 Å². The van der Waals surface area contributed by atoms with Crippen LogP contribution in [0, 0.1) is 0 Å². The summed E-state index contributed by atoms with van der Waals surface area (Å²) in [6.07, 6.45) is 6.45. The molecule has 0 bridgehead atoms. The molecule has 0 saturated carbocycles. The largest absolute Gasteiger partial charge is 0.306 e. The van der Waals surface area contributed by atoms with Crippen molar-refractivity contribution in [1.82, 2.24) is 25.2 Å². The quantitative estimate of drug-likeness (QED) is 0.469. The lowest BCUT2D eigenvalue weighted by Gasteiger charge is -2.23. The van der Waals surface area contributed by atoms with Crippen molar-refractivity contribution in [3.05, 3.63) is 60.2 Å². The van der Waals surface area contributed by atoms with Crippen LogP contribution in [-0.2, 0) is 22.4 Å². The van der Waals surface area contributed by atoms with Gasteiger partial charge >= 0.3 is 7.59 Å². The summed E-state index contributed by atoms with van der Waals surface area (Å²) in [4.78, 5) is 19.9. The van der Waals surface area contributed by atoms with Gasteiger partial charge in [0.15, 0.2) is 0 Å². The summed E-state index contributed by atoms with van der Waals surface area (Å²) in [5.41, 5.74) is 1.54. The molecule has 134 valence electrons. The molecule has 0 saturated heterocycles. The molecule has 0 radical (unpaired) electrons. The van der Waals surface area contributed by atoms with Crippen LogP contribution >= 0.6 is 42.4 Å². The molecule has 0 aliphatic heterocycles. The first-order valence-electron chi connectivity index (χ1n) is 7.06. The van der Waals surface area contributed by atoms with E-state index < -0.39 is 17.3 Å². The van der Waals surface area contributed by atoms with Gasteiger partial charge in [0.25, 0.3) is 9.70 Å². The number of halogens is 3. The fraction of sp³-hybridized carbons (Fsp3) is 0.214. The Morgan fingerprint density at radius 2 is 1.48 bits per heavy atom. The summed E-state index contributed by atoms with van der Waals surface area (Å²) >= 11 is 16.6. The Morgan fingerprint density at radius 1 is 1.00 bits per heavy atom. The molecule has 0 aliphatic carbocycles. The van der Waals surface area contributed by atoms with Gasteiger partial charge in [-0.05, 0) is 23.3 Å². The van der Waals surface area contributed by atoms with Gasteiger partial charge in [0, 0.05) is 37.9 Å². The predicted molar refractivity (Wildman–Crippen MR) is 98.2 cm³/mol. The first-order valence-corrected chi connectivity index (χ1v) is 9.90. The average molecular weight is 423 g/mol. The lowest BCUT2D eigenvalue weighted by molar-refractivity contribution is -0.118. The molecular formula is C14H15Cl3N5O2P. The number of alkyl halides is 3. The maximum absolute atomic E-state index is 13.0. The van der Waals surface area contributed by atoms with E-state index in [0.29, 0.717) is 0 Å². The Hall–Kier alpha value is -1.21. The Morgan fingerprint density at radius 3 is 1.84 bits per heavy atom. The molecule has 0 aromatic carbocycles. The van der Waals surface area contributed by atoms with E-state index in [1.54, 1.807) is 49.1 Å². The summed E-state index contributed by atoms with van der Waals surface area (Å²) in [6.45, 7) is 0.372. The van der Waals surface area contributed by atoms with E-state index in [4.69, 9.17) is 34.8 Å². The minimum Gasteiger partial charge on any atom is -0.279 e. The zero-order valence-electron chi connectivity index (χ0n) is 12.8. The number of aromatic nitrogens is 2. The van der Waals surface area contributed by atoms with Crippen LogP contribution in [0.3, 0.4) is 0 Å².